The number of carbonyl (C=O) groups excluding carboxylic acids is 2. The highest BCUT2D eigenvalue weighted by molar-refractivity contribution is 5.99. The van der Waals surface area contributed by atoms with E-state index in [1.54, 1.807) is 35.9 Å². The van der Waals surface area contributed by atoms with Gasteiger partial charge in [0.25, 0.3) is 5.91 Å². The molecule has 3 rings (SSSR count). The minimum Gasteiger partial charge on any atom is -0.508 e. The highest BCUT2D eigenvalue weighted by Crippen LogP contribution is 2.26. The van der Waals surface area contributed by atoms with Gasteiger partial charge < -0.3 is 20.3 Å². The van der Waals surface area contributed by atoms with E-state index in [4.69, 9.17) is 5.26 Å². The van der Waals surface area contributed by atoms with Crippen LogP contribution in [-0.2, 0) is 11.8 Å². The molecule has 2 aromatic rings. The van der Waals surface area contributed by atoms with Crippen LogP contribution in [-0.4, -0.2) is 34.1 Å². The quantitative estimate of drug-likeness (QED) is 0.728. The summed E-state index contributed by atoms with van der Waals surface area (Å²) in [5.41, 5.74) is 1.24. The zero-order valence-electron chi connectivity index (χ0n) is 14.7. The first-order valence-corrected chi connectivity index (χ1v) is 8.75. The number of amides is 2. The largest absolute Gasteiger partial charge is 0.508 e. The van der Waals surface area contributed by atoms with Crippen LogP contribution >= 0.6 is 0 Å². The predicted molar refractivity (Wildman–Crippen MR) is 96.4 cm³/mol. The number of phenols is 1. The topological polar surface area (TPSA) is 107 Å². The summed E-state index contributed by atoms with van der Waals surface area (Å²) >= 11 is 0. The van der Waals surface area contributed by atoms with Crippen molar-refractivity contribution in [3.8, 4) is 11.8 Å². The van der Waals surface area contributed by atoms with E-state index in [2.05, 4.69) is 10.6 Å². The predicted octanol–water partition coefficient (Wildman–Crippen LogP) is 1.81. The first-order chi connectivity index (χ1) is 12.5. The summed E-state index contributed by atoms with van der Waals surface area (Å²) in [4.78, 5) is 25.1. The molecule has 7 nitrogen and oxygen atoms in total. The Labute approximate surface area is 151 Å². The average Bonchev–Trinajstić information content (AvgIpc) is 2.96. The number of hydrogen-bond acceptors (Lipinski definition) is 4. The lowest BCUT2D eigenvalue weighted by atomic mass is 9.83. The van der Waals surface area contributed by atoms with E-state index in [-0.39, 0.29) is 36.1 Å². The van der Waals surface area contributed by atoms with Crippen molar-refractivity contribution in [2.75, 3.05) is 6.54 Å². The summed E-state index contributed by atoms with van der Waals surface area (Å²) in [6.45, 7) is -0.0251. The molecular weight excluding hydrogens is 332 g/mol. The van der Waals surface area contributed by atoms with Gasteiger partial charge in [0.15, 0.2) is 0 Å². The third-order valence-corrected chi connectivity index (χ3v) is 5.02. The Hall–Kier alpha value is -3.01. The summed E-state index contributed by atoms with van der Waals surface area (Å²) in [6.07, 6.45) is 3.33. The normalized spacial score (nSPS) is 19.7. The van der Waals surface area contributed by atoms with Gasteiger partial charge in [0.05, 0.1) is 17.5 Å². The molecule has 2 atom stereocenters. The maximum absolute atomic E-state index is 12.8. The third-order valence-electron chi connectivity index (χ3n) is 5.02. The van der Waals surface area contributed by atoms with Crippen molar-refractivity contribution >= 4 is 22.7 Å². The molecule has 136 valence electrons. The molecular formula is C19H22N4O3. The van der Waals surface area contributed by atoms with Crippen LogP contribution in [0.4, 0.5) is 0 Å². The molecule has 1 aromatic carbocycles. The molecule has 1 saturated carbocycles. The first kappa shape index (κ1) is 17.8. The Morgan fingerprint density at radius 3 is 2.85 bits per heavy atom. The van der Waals surface area contributed by atoms with Gasteiger partial charge in [-0.15, -0.1) is 0 Å². The van der Waals surface area contributed by atoms with E-state index in [0.29, 0.717) is 12.1 Å². The van der Waals surface area contributed by atoms with E-state index in [9.17, 15) is 14.7 Å². The average molecular weight is 354 g/mol. The molecule has 2 amide bonds. The van der Waals surface area contributed by atoms with Gasteiger partial charge in [-0.3, -0.25) is 9.59 Å². The van der Waals surface area contributed by atoms with Crippen LogP contribution in [0.15, 0.2) is 24.3 Å². The van der Waals surface area contributed by atoms with Crippen molar-refractivity contribution in [3.63, 3.8) is 0 Å². The number of nitriles is 1. The lowest BCUT2D eigenvalue weighted by Gasteiger charge is -2.31. The van der Waals surface area contributed by atoms with Crippen molar-refractivity contribution in [1.29, 1.82) is 5.26 Å². The lowest BCUT2D eigenvalue weighted by molar-refractivity contribution is -0.126. The van der Waals surface area contributed by atoms with Gasteiger partial charge in [-0.25, -0.2) is 0 Å². The van der Waals surface area contributed by atoms with Gasteiger partial charge in [0, 0.05) is 24.5 Å². The van der Waals surface area contributed by atoms with E-state index >= 15 is 0 Å². The van der Waals surface area contributed by atoms with Crippen molar-refractivity contribution < 1.29 is 14.7 Å². The van der Waals surface area contributed by atoms with E-state index in [1.165, 1.54) is 0 Å². The zero-order chi connectivity index (χ0) is 18.7. The van der Waals surface area contributed by atoms with Crippen LogP contribution in [0.1, 0.15) is 36.2 Å². The Morgan fingerprint density at radius 1 is 1.31 bits per heavy atom. The van der Waals surface area contributed by atoms with Crippen molar-refractivity contribution in [2.24, 2.45) is 13.0 Å². The first-order valence-electron chi connectivity index (χ1n) is 8.75. The molecule has 1 heterocycles. The third kappa shape index (κ3) is 3.49. The maximum atomic E-state index is 12.8. The van der Waals surface area contributed by atoms with Gasteiger partial charge in [0.2, 0.25) is 5.91 Å². The number of phenolic OH excluding ortho intramolecular Hbond substituents is 1. The number of fused-ring (bicyclic) bond motifs is 1. The monoisotopic (exact) mass is 354 g/mol. The van der Waals surface area contributed by atoms with Crippen LogP contribution in [0.2, 0.25) is 0 Å². The maximum Gasteiger partial charge on any atom is 0.268 e. The van der Waals surface area contributed by atoms with Crippen molar-refractivity contribution in [1.82, 2.24) is 15.2 Å². The number of aromatic hydroxyl groups is 1. The molecule has 0 saturated heterocycles. The molecule has 0 bridgehead atoms. The highest BCUT2D eigenvalue weighted by atomic mass is 16.3. The Bertz CT molecular complexity index is 881. The minimum atomic E-state index is -0.320. The summed E-state index contributed by atoms with van der Waals surface area (Å²) in [5, 5.41) is 24.7. The zero-order valence-corrected chi connectivity index (χ0v) is 14.7. The van der Waals surface area contributed by atoms with Crippen LogP contribution in [0.5, 0.6) is 5.75 Å². The van der Waals surface area contributed by atoms with E-state index in [1.807, 2.05) is 6.07 Å². The highest BCUT2D eigenvalue weighted by Gasteiger charge is 2.32. The molecule has 0 aliphatic heterocycles. The van der Waals surface area contributed by atoms with Crippen molar-refractivity contribution in [2.45, 2.75) is 31.7 Å². The van der Waals surface area contributed by atoms with Crippen molar-refractivity contribution in [3.05, 3.63) is 30.0 Å². The van der Waals surface area contributed by atoms with E-state index in [0.717, 1.165) is 30.2 Å². The van der Waals surface area contributed by atoms with Crippen LogP contribution in [0.3, 0.4) is 0 Å². The molecule has 26 heavy (non-hydrogen) atoms. The molecule has 1 aliphatic carbocycles. The minimum absolute atomic E-state index is 0.0251. The number of aryl methyl sites for hydroxylation is 1. The van der Waals surface area contributed by atoms with Gasteiger partial charge >= 0.3 is 0 Å². The molecule has 1 fully saturated rings. The molecule has 7 heteroatoms. The Morgan fingerprint density at radius 2 is 2.08 bits per heavy atom. The fourth-order valence-corrected chi connectivity index (χ4v) is 3.65. The number of rotatable bonds is 4. The number of benzene rings is 1. The number of aromatic nitrogens is 1. The second-order valence-corrected chi connectivity index (χ2v) is 6.68. The van der Waals surface area contributed by atoms with Gasteiger partial charge in [-0.05, 0) is 31.0 Å². The molecule has 0 radical (unpaired) electrons. The molecule has 0 spiro atoms. The molecule has 1 aromatic heterocycles. The second kappa shape index (κ2) is 7.48. The molecule has 1 aliphatic rings. The summed E-state index contributed by atoms with van der Waals surface area (Å²) in [5.74, 6) is -0.598. The summed E-state index contributed by atoms with van der Waals surface area (Å²) in [6, 6.07) is 8.39. The van der Waals surface area contributed by atoms with Crippen LogP contribution in [0.25, 0.3) is 10.9 Å². The molecule has 3 N–H and O–H groups in total. The second-order valence-electron chi connectivity index (χ2n) is 6.68. The Balaban J connectivity index is 1.78. The summed E-state index contributed by atoms with van der Waals surface area (Å²) in [7, 11) is 1.77. The smallest absolute Gasteiger partial charge is 0.268 e. The fourth-order valence-electron chi connectivity index (χ4n) is 3.65. The van der Waals surface area contributed by atoms with E-state index < -0.39 is 0 Å². The van der Waals surface area contributed by atoms with Gasteiger partial charge in [-0.2, -0.15) is 5.26 Å². The number of hydrogen-bond donors (Lipinski definition) is 3. The fraction of sp³-hybridized carbons (Fsp3) is 0.421. The lowest BCUT2D eigenvalue weighted by Crippen LogP contribution is -2.48. The Kier molecular flexibility index (Phi) is 5.12. The van der Waals surface area contributed by atoms with Crippen LogP contribution < -0.4 is 10.6 Å². The number of nitrogens with one attached hydrogen (secondary N) is 2. The van der Waals surface area contributed by atoms with Crippen LogP contribution in [0, 0.1) is 17.2 Å². The summed E-state index contributed by atoms with van der Waals surface area (Å²) < 4.78 is 1.73. The standard InChI is InChI=1S/C19H22N4O3/c1-23-16-11-13(24)7-6-12(16)10-17(23)19(26)22-15-5-3-2-4-14(15)18(25)21-9-8-20/h6-7,10-11,14-15,24H,2-5,9H2,1H3,(H,21,25)(H,22,26). The molecule has 2 unspecified atom stereocenters. The number of nitrogens with zero attached hydrogens (tertiary/aromatic N) is 2. The number of carbonyl (C=O) groups is 2. The SMILES string of the molecule is Cn1c(C(=O)NC2CCCCC2C(=O)NCC#N)cc2ccc(O)cc21. The van der Waals surface area contributed by atoms with Gasteiger partial charge in [-0.1, -0.05) is 12.8 Å². The van der Waals surface area contributed by atoms with Gasteiger partial charge in [0.1, 0.15) is 18.0 Å².